The lowest BCUT2D eigenvalue weighted by Crippen LogP contribution is -2.13. The third-order valence-corrected chi connectivity index (χ3v) is 3.44. The minimum atomic E-state index is -0.218. The van der Waals surface area contributed by atoms with Crippen molar-refractivity contribution in [3.63, 3.8) is 0 Å². The summed E-state index contributed by atoms with van der Waals surface area (Å²) in [6, 6.07) is 10.7. The lowest BCUT2D eigenvalue weighted by molar-refractivity contribution is 0.102. The molecule has 0 saturated carbocycles. The van der Waals surface area contributed by atoms with Crippen LogP contribution < -0.4 is 15.8 Å². The highest BCUT2D eigenvalue weighted by Crippen LogP contribution is 2.23. The molecule has 0 aliphatic carbocycles. The molecule has 0 bridgehead atoms. The Bertz CT molecular complexity index is 671. The number of aryl methyl sites for hydroxylation is 1. The first kappa shape index (κ1) is 15.4. The zero-order valence-corrected chi connectivity index (χ0v) is 13.5. The van der Waals surface area contributed by atoms with Crippen molar-refractivity contribution in [2.75, 3.05) is 17.7 Å². The Labute approximate surface area is 132 Å². The van der Waals surface area contributed by atoms with Crippen LogP contribution in [0.3, 0.4) is 0 Å². The number of ether oxygens (including phenoxy) is 1. The Morgan fingerprint density at radius 1 is 1.29 bits per heavy atom. The van der Waals surface area contributed by atoms with Gasteiger partial charge in [-0.05, 0) is 43.7 Å². The second kappa shape index (κ2) is 6.63. The number of benzene rings is 2. The van der Waals surface area contributed by atoms with E-state index in [0.29, 0.717) is 23.6 Å². The quantitative estimate of drug-likeness (QED) is 0.821. The summed E-state index contributed by atoms with van der Waals surface area (Å²) >= 11 is 3.39. The molecule has 2 aromatic carbocycles. The van der Waals surface area contributed by atoms with Crippen LogP contribution in [0.4, 0.5) is 11.4 Å². The van der Waals surface area contributed by atoms with E-state index in [1.165, 1.54) is 0 Å². The number of carbonyl (C=O) groups is 1. The van der Waals surface area contributed by atoms with Crippen molar-refractivity contribution >= 4 is 33.2 Å². The average molecular weight is 349 g/mol. The number of nitrogen functional groups attached to an aromatic ring is 1. The Kier molecular flexibility index (Phi) is 4.85. The minimum Gasteiger partial charge on any atom is -0.494 e. The van der Waals surface area contributed by atoms with Crippen LogP contribution in [-0.4, -0.2) is 12.5 Å². The monoisotopic (exact) mass is 348 g/mol. The van der Waals surface area contributed by atoms with Crippen LogP contribution in [0.2, 0.25) is 0 Å². The van der Waals surface area contributed by atoms with Crippen LogP contribution in [-0.2, 0) is 0 Å². The van der Waals surface area contributed by atoms with Gasteiger partial charge in [-0.1, -0.05) is 22.0 Å². The van der Waals surface area contributed by atoms with Gasteiger partial charge in [0.15, 0.2) is 0 Å². The maximum absolute atomic E-state index is 12.3. The van der Waals surface area contributed by atoms with E-state index in [9.17, 15) is 4.79 Å². The van der Waals surface area contributed by atoms with E-state index in [4.69, 9.17) is 10.5 Å². The van der Waals surface area contributed by atoms with Gasteiger partial charge in [-0.2, -0.15) is 0 Å². The molecule has 21 heavy (non-hydrogen) atoms. The van der Waals surface area contributed by atoms with Crippen LogP contribution >= 0.6 is 15.9 Å². The van der Waals surface area contributed by atoms with E-state index >= 15 is 0 Å². The van der Waals surface area contributed by atoms with Gasteiger partial charge >= 0.3 is 0 Å². The number of halogens is 1. The molecule has 0 fully saturated rings. The van der Waals surface area contributed by atoms with E-state index in [1.54, 1.807) is 18.2 Å². The van der Waals surface area contributed by atoms with E-state index in [0.717, 1.165) is 15.7 Å². The van der Waals surface area contributed by atoms with Gasteiger partial charge in [0, 0.05) is 27.5 Å². The van der Waals surface area contributed by atoms with Crippen molar-refractivity contribution in [2.45, 2.75) is 13.8 Å². The van der Waals surface area contributed by atoms with E-state index in [2.05, 4.69) is 21.2 Å². The molecule has 5 heteroatoms. The number of anilines is 2. The van der Waals surface area contributed by atoms with Gasteiger partial charge < -0.3 is 15.8 Å². The maximum Gasteiger partial charge on any atom is 0.255 e. The molecule has 0 spiro atoms. The molecule has 1 amide bonds. The smallest absolute Gasteiger partial charge is 0.255 e. The molecular formula is C16H17BrN2O2. The molecule has 0 aromatic heterocycles. The van der Waals surface area contributed by atoms with Crippen molar-refractivity contribution in [1.82, 2.24) is 0 Å². The van der Waals surface area contributed by atoms with Crippen molar-refractivity contribution in [3.8, 4) is 5.75 Å². The first-order valence-corrected chi connectivity index (χ1v) is 7.39. The largest absolute Gasteiger partial charge is 0.494 e. The number of nitrogens with two attached hydrogens (primary N) is 1. The van der Waals surface area contributed by atoms with Gasteiger partial charge in [0.1, 0.15) is 5.75 Å². The van der Waals surface area contributed by atoms with Crippen LogP contribution in [0.1, 0.15) is 22.8 Å². The summed E-state index contributed by atoms with van der Waals surface area (Å²) in [7, 11) is 0. The van der Waals surface area contributed by atoms with Gasteiger partial charge in [0.2, 0.25) is 0 Å². The van der Waals surface area contributed by atoms with Crippen molar-refractivity contribution in [2.24, 2.45) is 0 Å². The Morgan fingerprint density at radius 3 is 2.76 bits per heavy atom. The fraction of sp³-hybridized carbons (Fsp3) is 0.188. The van der Waals surface area contributed by atoms with E-state index < -0.39 is 0 Å². The fourth-order valence-electron chi connectivity index (χ4n) is 1.93. The average Bonchev–Trinajstić information content (AvgIpc) is 2.42. The van der Waals surface area contributed by atoms with Gasteiger partial charge in [-0.25, -0.2) is 0 Å². The molecule has 0 aliphatic heterocycles. The molecule has 3 N–H and O–H groups in total. The number of hydrogen-bond acceptors (Lipinski definition) is 3. The molecule has 0 unspecified atom stereocenters. The topological polar surface area (TPSA) is 64.3 Å². The lowest BCUT2D eigenvalue weighted by atomic mass is 10.1. The van der Waals surface area contributed by atoms with Crippen molar-refractivity contribution in [3.05, 3.63) is 52.0 Å². The highest BCUT2D eigenvalue weighted by Gasteiger charge is 2.10. The predicted octanol–water partition coefficient (Wildman–Crippen LogP) is 3.99. The molecule has 0 heterocycles. The second-order valence-corrected chi connectivity index (χ2v) is 5.55. The molecule has 2 aromatic rings. The van der Waals surface area contributed by atoms with Crippen molar-refractivity contribution < 1.29 is 9.53 Å². The summed E-state index contributed by atoms with van der Waals surface area (Å²) in [4.78, 5) is 12.3. The van der Waals surface area contributed by atoms with Crippen LogP contribution in [0.25, 0.3) is 0 Å². The Balaban J connectivity index is 2.25. The lowest BCUT2D eigenvalue weighted by Gasteiger charge is -2.11. The summed E-state index contributed by atoms with van der Waals surface area (Å²) in [6.45, 7) is 4.34. The van der Waals surface area contributed by atoms with Gasteiger partial charge in [0.05, 0.1) is 6.61 Å². The molecule has 0 saturated heterocycles. The highest BCUT2D eigenvalue weighted by atomic mass is 79.9. The molecule has 4 nitrogen and oxygen atoms in total. The van der Waals surface area contributed by atoms with E-state index in [-0.39, 0.29) is 5.91 Å². The molecular weight excluding hydrogens is 332 g/mol. The molecule has 0 radical (unpaired) electrons. The summed E-state index contributed by atoms with van der Waals surface area (Å²) < 4.78 is 6.31. The maximum atomic E-state index is 12.3. The summed E-state index contributed by atoms with van der Waals surface area (Å²) in [6.07, 6.45) is 0. The third kappa shape index (κ3) is 3.98. The van der Waals surface area contributed by atoms with Crippen LogP contribution in [0.5, 0.6) is 5.75 Å². The third-order valence-electron chi connectivity index (χ3n) is 2.95. The normalized spacial score (nSPS) is 10.2. The summed E-state index contributed by atoms with van der Waals surface area (Å²) in [5, 5.41) is 2.88. The van der Waals surface area contributed by atoms with Gasteiger partial charge in [0.25, 0.3) is 5.91 Å². The zero-order chi connectivity index (χ0) is 15.4. The number of hydrogen-bond donors (Lipinski definition) is 2. The Morgan fingerprint density at radius 2 is 2.05 bits per heavy atom. The van der Waals surface area contributed by atoms with Gasteiger partial charge in [-0.15, -0.1) is 0 Å². The SMILES string of the molecule is CCOc1cc(N)cc(C(=O)Nc2cc(Br)ccc2C)c1. The van der Waals surface area contributed by atoms with E-state index in [1.807, 2.05) is 32.0 Å². The number of amides is 1. The summed E-state index contributed by atoms with van der Waals surface area (Å²) in [5.41, 5.74) is 8.52. The van der Waals surface area contributed by atoms with Crippen molar-refractivity contribution in [1.29, 1.82) is 0 Å². The summed E-state index contributed by atoms with van der Waals surface area (Å²) in [5.74, 6) is 0.373. The number of carbonyl (C=O) groups excluding carboxylic acids is 1. The zero-order valence-electron chi connectivity index (χ0n) is 11.9. The first-order valence-electron chi connectivity index (χ1n) is 6.60. The first-order chi connectivity index (χ1) is 9.99. The number of nitrogens with one attached hydrogen (secondary N) is 1. The Hall–Kier alpha value is -2.01. The van der Waals surface area contributed by atoms with Gasteiger partial charge in [-0.3, -0.25) is 4.79 Å². The molecule has 0 atom stereocenters. The van der Waals surface area contributed by atoms with Crippen LogP contribution in [0.15, 0.2) is 40.9 Å². The molecule has 2 rings (SSSR count). The number of rotatable bonds is 4. The minimum absolute atomic E-state index is 0.218. The fourth-order valence-corrected chi connectivity index (χ4v) is 2.29. The second-order valence-electron chi connectivity index (χ2n) is 4.64. The highest BCUT2D eigenvalue weighted by molar-refractivity contribution is 9.10. The predicted molar refractivity (Wildman–Crippen MR) is 88.9 cm³/mol. The molecule has 110 valence electrons. The van der Waals surface area contributed by atoms with Crippen LogP contribution in [0, 0.1) is 6.92 Å². The standard InChI is InChI=1S/C16H17BrN2O2/c1-3-21-14-7-11(6-13(18)9-14)16(20)19-15-8-12(17)5-4-10(15)2/h4-9H,3,18H2,1-2H3,(H,19,20). The molecule has 0 aliphatic rings.